The summed E-state index contributed by atoms with van der Waals surface area (Å²) in [5.74, 6) is -0.219. The topological polar surface area (TPSA) is 58.4 Å². The number of fused-ring (bicyclic) bond motifs is 1. The number of para-hydroxylation sites is 1. The van der Waals surface area contributed by atoms with Crippen LogP contribution in [0, 0.1) is 0 Å². The molecule has 0 N–H and O–H groups in total. The molecule has 2 amide bonds. The molecule has 1 aromatic carbocycles. The van der Waals surface area contributed by atoms with E-state index >= 15 is 0 Å². The zero-order chi connectivity index (χ0) is 18.7. The van der Waals surface area contributed by atoms with Crippen molar-refractivity contribution in [3.8, 4) is 5.69 Å². The summed E-state index contributed by atoms with van der Waals surface area (Å²) < 4.78 is 1.88. The second kappa shape index (κ2) is 7.72. The smallest absolute Gasteiger partial charge is 0.274 e. The van der Waals surface area contributed by atoms with Gasteiger partial charge in [-0.05, 0) is 45.2 Å². The molecule has 2 aromatic rings. The fourth-order valence-electron chi connectivity index (χ4n) is 3.52. The zero-order valence-electron chi connectivity index (χ0n) is 15.7. The number of carbonyl (C=O) groups excluding carboxylic acids is 2. The third kappa shape index (κ3) is 3.36. The summed E-state index contributed by atoms with van der Waals surface area (Å²) in [5.41, 5.74) is 3.59. The molecule has 0 aliphatic heterocycles. The minimum Gasteiger partial charge on any atom is -0.342 e. The van der Waals surface area contributed by atoms with Crippen molar-refractivity contribution in [2.45, 2.75) is 33.1 Å². The van der Waals surface area contributed by atoms with Gasteiger partial charge in [0.2, 0.25) is 5.91 Å². The molecule has 3 rings (SSSR count). The van der Waals surface area contributed by atoms with Crippen LogP contribution >= 0.6 is 0 Å². The molecule has 0 unspecified atom stereocenters. The molecule has 0 fully saturated rings. The third-order valence-electron chi connectivity index (χ3n) is 4.97. The maximum atomic E-state index is 13.0. The lowest BCUT2D eigenvalue weighted by atomic mass is 10.2. The van der Waals surface area contributed by atoms with E-state index in [0.29, 0.717) is 18.8 Å². The van der Waals surface area contributed by atoms with E-state index in [0.717, 1.165) is 36.2 Å². The average Bonchev–Trinajstić information content (AvgIpc) is 3.25. The van der Waals surface area contributed by atoms with Crippen LogP contribution in [0.2, 0.25) is 0 Å². The number of hydrogen-bond donors (Lipinski definition) is 0. The van der Waals surface area contributed by atoms with Crippen LogP contribution in [0.5, 0.6) is 0 Å². The van der Waals surface area contributed by atoms with Crippen molar-refractivity contribution in [1.82, 2.24) is 19.6 Å². The van der Waals surface area contributed by atoms with Crippen LogP contribution < -0.4 is 0 Å². The SMILES string of the molecule is CCN(CC)C(=O)CN(C)C(=O)c1nn(-c2ccccc2)c2c1CCC2. The number of amides is 2. The molecule has 6 heteroatoms. The highest BCUT2D eigenvalue weighted by Gasteiger charge is 2.29. The maximum absolute atomic E-state index is 13.0. The number of hydrogen-bond acceptors (Lipinski definition) is 3. The molecule has 138 valence electrons. The second-order valence-electron chi connectivity index (χ2n) is 6.60. The van der Waals surface area contributed by atoms with Crippen LogP contribution in [-0.4, -0.2) is 58.1 Å². The first kappa shape index (κ1) is 18.2. The van der Waals surface area contributed by atoms with Crippen LogP contribution in [0.4, 0.5) is 0 Å². The molecular weight excluding hydrogens is 328 g/mol. The van der Waals surface area contributed by atoms with Gasteiger partial charge in [0.1, 0.15) is 0 Å². The third-order valence-corrected chi connectivity index (χ3v) is 4.97. The Kier molecular flexibility index (Phi) is 5.40. The Hall–Kier alpha value is -2.63. The van der Waals surface area contributed by atoms with Gasteiger partial charge in [0.15, 0.2) is 5.69 Å². The summed E-state index contributed by atoms with van der Waals surface area (Å²) in [6, 6.07) is 9.89. The number of benzene rings is 1. The highest BCUT2D eigenvalue weighted by Crippen LogP contribution is 2.28. The highest BCUT2D eigenvalue weighted by molar-refractivity contribution is 5.96. The molecule has 0 saturated carbocycles. The molecule has 0 atom stereocenters. The summed E-state index contributed by atoms with van der Waals surface area (Å²) >= 11 is 0. The van der Waals surface area contributed by atoms with Gasteiger partial charge < -0.3 is 9.80 Å². The van der Waals surface area contributed by atoms with E-state index in [1.807, 2.05) is 48.9 Å². The minimum absolute atomic E-state index is 0.0370. The molecular formula is C20H26N4O2. The summed E-state index contributed by atoms with van der Waals surface area (Å²) in [5, 5.41) is 4.62. The normalized spacial score (nSPS) is 12.7. The van der Waals surface area contributed by atoms with E-state index < -0.39 is 0 Å². The first-order valence-electron chi connectivity index (χ1n) is 9.26. The van der Waals surface area contributed by atoms with Gasteiger partial charge in [0.25, 0.3) is 5.91 Å². The monoisotopic (exact) mass is 354 g/mol. The van der Waals surface area contributed by atoms with Crippen molar-refractivity contribution in [2.75, 3.05) is 26.7 Å². The molecule has 26 heavy (non-hydrogen) atoms. The van der Waals surface area contributed by atoms with Gasteiger partial charge >= 0.3 is 0 Å². The summed E-state index contributed by atoms with van der Waals surface area (Å²) in [4.78, 5) is 28.5. The average molecular weight is 354 g/mol. The van der Waals surface area contributed by atoms with Crippen molar-refractivity contribution in [3.63, 3.8) is 0 Å². The van der Waals surface area contributed by atoms with Crippen LogP contribution in [0.25, 0.3) is 5.69 Å². The zero-order valence-corrected chi connectivity index (χ0v) is 15.7. The van der Waals surface area contributed by atoms with E-state index in [-0.39, 0.29) is 18.4 Å². The molecule has 0 bridgehead atoms. The van der Waals surface area contributed by atoms with Gasteiger partial charge in [-0.1, -0.05) is 18.2 Å². The second-order valence-corrected chi connectivity index (χ2v) is 6.60. The van der Waals surface area contributed by atoms with Crippen molar-refractivity contribution in [3.05, 3.63) is 47.3 Å². The molecule has 1 heterocycles. The predicted molar refractivity (Wildman–Crippen MR) is 100 cm³/mol. The van der Waals surface area contributed by atoms with Gasteiger partial charge in [-0.2, -0.15) is 5.10 Å². The van der Waals surface area contributed by atoms with Gasteiger partial charge in [-0.15, -0.1) is 0 Å². The van der Waals surface area contributed by atoms with Crippen LogP contribution in [0.3, 0.4) is 0 Å². The number of nitrogens with zero attached hydrogens (tertiary/aromatic N) is 4. The lowest BCUT2D eigenvalue weighted by Crippen LogP contribution is -2.41. The maximum Gasteiger partial charge on any atom is 0.274 e. The van der Waals surface area contributed by atoms with E-state index in [9.17, 15) is 9.59 Å². The lowest BCUT2D eigenvalue weighted by molar-refractivity contribution is -0.131. The van der Waals surface area contributed by atoms with E-state index in [4.69, 9.17) is 0 Å². The van der Waals surface area contributed by atoms with Gasteiger partial charge in [0.05, 0.1) is 12.2 Å². The standard InChI is InChI=1S/C20H26N4O2/c1-4-23(5-2)18(25)14-22(3)20(26)19-16-12-9-13-17(16)24(21-19)15-10-7-6-8-11-15/h6-8,10-11H,4-5,9,12-14H2,1-3H3. The number of rotatable bonds is 6. The minimum atomic E-state index is -0.182. The summed E-state index contributed by atoms with van der Waals surface area (Å²) in [7, 11) is 1.67. The van der Waals surface area contributed by atoms with E-state index in [1.54, 1.807) is 11.9 Å². The Bertz CT molecular complexity index is 794. The summed E-state index contributed by atoms with van der Waals surface area (Å²) in [6.45, 7) is 5.26. The van der Waals surface area contributed by atoms with Gasteiger partial charge in [-0.25, -0.2) is 4.68 Å². The molecule has 0 saturated heterocycles. The first-order valence-corrected chi connectivity index (χ1v) is 9.26. The Morgan fingerprint density at radius 1 is 1.12 bits per heavy atom. The summed E-state index contributed by atoms with van der Waals surface area (Å²) in [6.07, 6.45) is 2.82. The van der Waals surface area contributed by atoms with Crippen molar-refractivity contribution in [1.29, 1.82) is 0 Å². The molecule has 0 spiro atoms. The Balaban J connectivity index is 1.85. The molecule has 1 aromatic heterocycles. The van der Waals surface area contributed by atoms with Crippen molar-refractivity contribution in [2.24, 2.45) is 0 Å². The molecule has 1 aliphatic rings. The van der Waals surface area contributed by atoms with Crippen molar-refractivity contribution >= 4 is 11.8 Å². The lowest BCUT2D eigenvalue weighted by Gasteiger charge is -2.22. The Morgan fingerprint density at radius 3 is 2.46 bits per heavy atom. The van der Waals surface area contributed by atoms with Crippen LogP contribution in [-0.2, 0) is 17.6 Å². The Morgan fingerprint density at radius 2 is 1.81 bits per heavy atom. The molecule has 0 radical (unpaired) electrons. The van der Waals surface area contributed by atoms with Crippen molar-refractivity contribution < 1.29 is 9.59 Å². The number of aromatic nitrogens is 2. The van der Waals surface area contributed by atoms with Gasteiger partial charge in [0, 0.05) is 31.4 Å². The fraction of sp³-hybridized carbons (Fsp3) is 0.450. The Labute approximate surface area is 154 Å². The predicted octanol–water partition coefficient (Wildman–Crippen LogP) is 2.30. The largest absolute Gasteiger partial charge is 0.342 e. The fourth-order valence-corrected chi connectivity index (χ4v) is 3.52. The van der Waals surface area contributed by atoms with Crippen LogP contribution in [0.15, 0.2) is 30.3 Å². The van der Waals surface area contributed by atoms with Crippen LogP contribution in [0.1, 0.15) is 42.0 Å². The molecule has 1 aliphatic carbocycles. The highest BCUT2D eigenvalue weighted by atomic mass is 16.2. The quantitative estimate of drug-likeness (QED) is 0.800. The first-order chi connectivity index (χ1) is 12.6. The number of carbonyl (C=O) groups is 2. The number of likely N-dealkylation sites (N-methyl/N-ethyl adjacent to an activating group) is 2. The molecule has 6 nitrogen and oxygen atoms in total. The van der Waals surface area contributed by atoms with E-state index in [2.05, 4.69) is 5.10 Å². The van der Waals surface area contributed by atoms with Gasteiger partial charge in [-0.3, -0.25) is 9.59 Å². The van der Waals surface area contributed by atoms with E-state index in [1.165, 1.54) is 4.90 Å².